The zero-order valence-electron chi connectivity index (χ0n) is 10.7. The van der Waals surface area contributed by atoms with Crippen LogP contribution in [0, 0.1) is 11.3 Å². The predicted molar refractivity (Wildman–Crippen MR) is 71.1 cm³/mol. The van der Waals surface area contributed by atoms with E-state index in [1.807, 2.05) is 6.08 Å². The number of nitriles is 1. The van der Waals surface area contributed by atoms with Gasteiger partial charge in [0.25, 0.3) is 0 Å². The standard InChI is InChI=1S/C16H19N/c1-4-5-14-15(11(2)3)8-12(10-17)9-16(14)13-6-7-13/h4,8-9,11,13H,1,5-7H2,2-3H3. The monoisotopic (exact) mass is 225 g/mol. The summed E-state index contributed by atoms with van der Waals surface area (Å²) in [5, 5.41) is 9.12. The van der Waals surface area contributed by atoms with Crippen LogP contribution in [0.1, 0.15) is 60.8 Å². The average molecular weight is 225 g/mol. The molecule has 0 saturated heterocycles. The van der Waals surface area contributed by atoms with Gasteiger partial charge in [0.05, 0.1) is 11.6 Å². The highest BCUT2D eigenvalue weighted by Crippen LogP contribution is 2.43. The zero-order valence-corrected chi connectivity index (χ0v) is 10.7. The van der Waals surface area contributed by atoms with Crippen molar-refractivity contribution in [2.75, 3.05) is 0 Å². The lowest BCUT2D eigenvalue weighted by Gasteiger charge is -2.17. The first-order valence-corrected chi connectivity index (χ1v) is 6.35. The van der Waals surface area contributed by atoms with E-state index in [-0.39, 0.29) is 0 Å². The van der Waals surface area contributed by atoms with Crippen LogP contribution in [-0.4, -0.2) is 0 Å². The van der Waals surface area contributed by atoms with E-state index in [2.05, 4.69) is 38.6 Å². The van der Waals surface area contributed by atoms with Crippen molar-refractivity contribution in [2.24, 2.45) is 0 Å². The van der Waals surface area contributed by atoms with E-state index in [0.717, 1.165) is 12.0 Å². The molecule has 1 aliphatic rings. The Morgan fingerprint density at radius 3 is 2.65 bits per heavy atom. The molecule has 0 heterocycles. The van der Waals surface area contributed by atoms with Gasteiger partial charge in [-0.3, -0.25) is 0 Å². The summed E-state index contributed by atoms with van der Waals surface area (Å²) in [5.41, 5.74) is 4.94. The minimum atomic E-state index is 0.468. The highest BCUT2D eigenvalue weighted by Gasteiger charge is 2.27. The van der Waals surface area contributed by atoms with Gasteiger partial charge in [-0.05, 0) is 59.9 Å². The van der Waals surface area contributed by atoms with Crippen LogP contribution in [0.4, 0.5) is 0 Å². The predicted octanol–water partition coefficient (Wildman–Crippen LogP) is 4.29. The molecule has 0 radical (unpaired) electrons. The Labute approximate surface area is 104 Å². The van der Waals surface area contributed by atoms with Gasteiger partial charge < -0.3 is 0 Å². The molecule has 0 atom stereocenters. The molecule has 1 fully saturated rings. The summed E-state index contributed by atoms with van der Waals surface area (Å²) in [6.45, 7) is 8.24. The fraction of sp³-hybridized carbons (Fsp3) is 0.438. The summed E-state index contributed by atoms with van der Waals surface area (Å²) in [7, 11) is 0. The second-order valence-electron chi connectivity index (χ2n) is 5.17. The quantitative estimate of drug-likeness (QED) is 0.701. The van der Waals surface area contributed by atoms with E-state index < -0.39 is 0 Å². The van der Waals surface area contributed by atoms with E-state index in [4.69, 9.17) is 5.26 Å². The third-order valence-corrected chi connectivity index (χ3v) is 3.44. The summed E-state index contributed by atoms with van der Waals surface area (Å²) in [6.07, 6.45) is 5.44. The van der Waals surface area contributed by atoms with Gasteiger partial charge in [-0.2, -0.15) is 5.26 Å². The second-order valence-corrected chi connectivity index (χ2v) is 5.17. The van der Waals surface area contributed by atoms with Gasteiger partial charge in [-0.1, -0.05) is 19.9 Å². The summed E-state index contributed by atoms with van der Waals surface area (Å²) in [5.74, 6) is 1.16. The minimum Gasteiger partial charge on any atom is -0.192 e. The largest absolute Gasteiger partial charge is 0.192 e. The van der Waals surface area contributed by atoms with Crippen molar-refractivity contribution < 1.29 is 0 Å². The van der Waals surface area contributed by atoms with Crippen molar-refractivity contribution >= 4 is 0 Å². The highest BCUT2D eigenvalue weighted by molar-refractivity contribution is 5.48. The maximum Gasteiger partial charge on any atom is 0.0991 e. The van der Waals surface area contributed by atoms with Gasteiger partial charge in [0.15, 0.2) is 0 Å². The number of hydrogen-bond donors (Lipinski definition) is 0. The SMILES string of the molecule is C=CCc1c(C(C)C)cc(C#N)cc1C1CC1. The van der Waals surface area contributed by atoms with Crippen molar-refractivity contribution in [3.8, 4) is 6.07 Å². The van der Waals surface area contributed by atoms with Crippen molar-refractivity contribution in [3.63, 3.8) is 0 Å². The Morgan fingerprint density at radius 1 is 1.47 bits per heavy atom. The Kier molecular flexibility index (Phi) is 3.33. The Bertz CT molecular complexity index is 450. The van der Waals surface area contributed by atoms with Crippen molar-refractivity contribution in [1.82, 2.24) is 0 Å². The number of benzene rings is 1. The first-order valence-electron chi connectivity index (χ1n) is 6.35. The molecule has 0 amide bonds. The molecule has 1 aliphatic carbocycles. The first kappa shape index (κ1) is 11.9. The molecule has 0 aromatic heterocycles. The summed E-state index contributed by atoms with van der Waals surface area (Å²) >= 11 is 0. The van der Waals surface area contributed by atoms with Crippen LogP contribution < -0.4 is 0 Å². The van der Waals surface area contributed by atoms with Crippen LogP contribution in [0.5, 0.6) is 0 Å². The number of rotatable bonds is 4. The number of nitrogens with zero attached hydrogens (tertiary/aromatic N) is 1. The van der Waals surface area contributed by atoms with Crippen LogP contribution >= 0.6 is 0 Å². The van der Waals surface area contributed by atoms with Gasteiger partial charge in [-0.15, -0.1) is 6.58 Å². The summed E-state index contributed by atoms with van der Waals surface area (Å²) in [6, 6.07) is 6.43. The lowest BCUT2D eigenvalue weighted by Crippen LogP contribution is -2.02. The molecule has 0 aliphatic heterocycles. The van der Waals surface area contributed by atoms with Gasteiger partial charge in [0.1, 0.15) is 0 Å². The third-order valence-electron chi connectivity index (χ3n) is 3.44. The van der Waals surface area contributed by atoms with E-state index in [1.165, 1.54) is 29.5 Å². The first-order chi connectivity index (χ1) is 8.17. The molecule has 17 heavy (non-hydrogen) atoms. The topological polar surface area (TPSA) is 23.8 Å². The van der Waals surface area contributed by atoms with Gasteiger partial charge in [-0.25, -0.2) is 0 Å². The third kappa shape index (κ3) is 2.42. The Morgan fingerprint density at radius 2 is 2.18 bits per heavy atom. The highest BCUT2D eigenvalue weighted by atomic mass is 14.3. The van der Waals surface area contributed by atoms with Crippen molar-refractivity contribution in [1.29, 1.82) is 5.26 Å². The molecule has 1 aromatic rings. The normalized spacial score (nSPS) is 14.7. The van der Waals surface area contributed by atoms with Gasteiger partial charge in [0.2, 0.25) is 0 Å². The van der Waals surface area contributed by atoms with Crippen LogP contribution in [0.25, 0.3) is 0 Å². The van der Waals surface area contributed by atoms with E-state index in [9.17, 15) is 0 Å². The molecule has 0 bridgehead atoms. The molecule has 1 nitrogen and oxygen atoms in total. The fourth-order valence-corrected chi connectivity index (χ4v) is 2.44. The van der Waals surface area contributed by atoms with Crippen molar-refractivity contribution in [3.05, 3.63) is 47.0 Å². The lowest BCUT2D eigenvalue weighted by atomic mass is 9.88. The molecular weight excluding hydrogens is 206 g/mol. The van der Waals surface area contributed by atoms with Crippen LogP contribution in [-0.2, 0) is 6.42 Å². The molecule has 88 valence electrons. The molecular formula is C16H19N. The maximum absolute atomic E-state index is 9.12. The second kappa shape index (κ2) is 4.75. The molecule has 0 unspecified atom stereocenters. The molecule has 0 spiro atoms. The molecule has 2 rings (SSSR count). The fourth-order valence-electron chi connectivity index (χ4n) is 2.44. The van der Waals surface area contributed by atoms with Gasteiger partial charge >= 0.3 is 0 Å². The number of allylic oxidation sites excluding steroid dienone is 1. The van der Waals surface area contributed by atoms with Crippen LogP contribution in [0.2, 0.25) is 0 Å². The number of hydrogen-bond acceptors (Lipinski definition) is 1. The maximum atomic E-state index is 9.12. The molecule has 0 N–H and O–H groups in total. The molecule has 1 heteroatoms. The van der Waals surface area contributed by atoms with E-state index >= 15 is 0 Å². The van der Waals surface area contributed by atoms with Crippen LogP contribution in [0.3, 0.4) is 0 Å². The Balaban J connectivity index is 2.58. The van der Waals surface area contributed by atoms with Gasteiger partial charge in [0, 0.05) is 0 Å². The van der Waals surface area contributed by atoms with Crippen molar-refractivity contribution in [2.45, 2.75) is 44.9 Å². The van der Waals surface area contributed by atoms with E-state index in [1.54, 1.807) is 0 Å². The molecule has 1 aromatic carbocycles. The summed E-state index contributed by atoms with van der Waals surface area (Å²) in [4.78, 5) is 0. The van der Waals surface area contributed by atoms with Crippen LogP contribution in [0.15, 0.2) is 24.8 Å². The smallest absolute Gasteiger partial charge is 0.0991 e. The van der Waals surface area contributed by atoms with E-state index in [0.29, 0.717) is 11.8 Å². The Hall–Kier alpha value is -1.55. The summed E-state index contributed by atoms with van der Waals surface area (Å²) < 4.78 is 0. The molecule has 1 saturated carbocycles. The zero-order chi connectivity index (χ0) is 12.4. The average Bonchev–Trinajstić information content (AvgIpc) is 3.13. The lowest BCUT2D eigenvalue weighted by molar-refractivity contribution is 0.840. The minimum absolute atomic E-state index is 0.468.